The number of hydrogen-bond acceptors (Lipinski definition) is 1. The van der Waals surface area contributed by atoms with Gasteiger partial charge in [-0.3, -0.25) is 10.1 Å². The van der Waals surface area contributed by atoms with Crippen LogP contribution in [0.4, 0.5) is 0 Å². The third-order valence-corrected chi connectivity index (χ3v) is 2.99. The molecule has 0 heterocycles. The molecule has 0 N–H and O–H groups in total. The first-order valence-electron chi connectivity index (χ1n) is 5.45. The molecule has 0 atom stereocenters. The van der Waals surface area contributed by atoms with E-state index in [1.807, 2.05) is 0 Å². The van der Waals surface area contributed by atoms with Crippen LogP contribution in [0.1, 0.15) is 51.4 Å². The second kappa shape index (κ2) is 6.01. The van der Waals surface area contributed by atoms with Crippen LogP contribution in [-0.4, -0.2) is 13.0 Å². The Balaban J connectivity index is 2.15. The molecule has 75 valence electrons. The molecule has 2 nitrogen and oxygen atoms in total. The van der Waals surface area contributed by atoms with Crippen LogP contribution in [-0.2, 0) is 4.79 Å². The van der Waals surface area contributed by atoms with Crippen molar-refractivity contribution >= 4 is 5.91 Å². The molecule has 1 rings (SSSR count). The van der Waals surface area contributed by atoms with Crippen LogP contribution in [0.3, 0.4) is 0 Å². The SMILES string of the molecule is C[N]C(=O)CCC1CCCCCC1. The zero-order valence-corrected chi connectivity index (χ0v) is 8.59. The second-order valence-corrected chi connectivity index (χ2v) is 4.01. The fourth-order valence-electron chi connectivity index (χ4n) is 2.09. The molecule has 0 aromatic heterocycles. The van der Waals surface area contributed by atoms with Gasteiger partial charge in [0, 0.05) is 13.5 Å². The fraction of sp³-hybridized carbons (Fsp3) is 0.909. The van der Waals surface area contributed by atoms with E-state index in [1.54, 1.807) is 7.05 Å². The largest absolute Gasteiger partial charge is 0.273 e. The maximum Gasteiger partial charge on any atom is 0.240 e. The molecular formula is C11H20NO. The molecular weight excluding hydrogens is 162 g/mol. The normalized spacial score (nSPS) is 19.5. The van der Waals surface area contributed by atoms with E-state index < -0.39 is 0 Å². The molecule has 1 aliphatic carbocycles. The molecule has 0 unspecified atom stereocenters. The summed E-state index contributed by atoms with van der Waals surface area (Å²) in [6, 6.07) is 0. The smallest absolute Gasteiger partial charge is 0.240 e. The highest BCUT2D eigenvalue weighted by Crippen LogP contribution is 2.26. The van der Waals surface area contributed by atoms with E-state index in [2.05, 4.69) is 5.32 Å². The first-order valence-corrected chi connectivity index (χ1v) is 5.45. The summed E-state index contributed by atoms with van der Waals surface area (Å²) < 4.78 is 0. The molecule has 0 spiro atoms. The molecule has 0 aromatic rings. The van der Waals surface area contributed by atoms with Gasteiger partial charge in [0.1, 0.15) is 0 Å². The lowest BCUT2D eigenvalue weighted by Gasteiger charge is -2.11. The number of carbonyl (C=O) groups is 1. The molecule has 1 saturated carbocycles. The number of hydrogen-bond donors (Lipinski definition) is 0. The third-order valence-electron chi connectivity index (χ3n) is 2.99. The van der Waals surface area contributed by atoms with Crippen molar-refractivity contribution in [1.29, 1.82) is 0 Å². The van der Waals surface area contributed by atoms with E-state index in [0.29, 0.717) is 6.42 Å². The van der Waals surface area contributed by atoms with Crippen LogP contribution in [0.5, 0.6) is 0 Å². The number of nitrogens with zero attached hydrogens (tertiary/aromatic N) is 1. The summed E-state index contributed by atoms with van der Waals surface area (Å²) in [5, 5.41) is 3.66. The van der Waals surface area contributed by atoms with E-state index in [4.69, 9.17) is 0 Å². The highest BCUT2D eigenvalue weighted by molar-refractivity contribution is 5.75. The van der Waals surface area contributed by atoms with Gasteiger partial charge in [-0.15, -0.1) is 0 Å². The van der Waals surface area contributed by atoms with E-state index in [9.17, 15) is 4.79 Å². The standard InChI is InChI=1S/C11H20NO/c1-12-11(13)9-8-10-6-4-2-3-5-7-10/h10H,2-9H2,1H3. The number of rotatable bonds is 3. The molecule has 0 aliphatic heterocycles. The molecule has 1 amide bonds. The van der Waals surface area contributed by atoms with Gasteiger partial charge in [-0.2, -0.15) is 0 Å². The summed E-state index contributed by atoms with van der Waals surface area (Å²) in [4.78, 5) is 11.0. The average Bonchev–Trinajstić information content (AvgIpc) is 2.42. The first kappa shape index (κ1) is 10.6. The lowest BCUT2D eigenvalue weighted by molar-refractivity contribution is -0.121. The maximum atomic E-state index is 11.0. The van der Waals surface area contributed by atoms with Crippen LogP contribution in [0.2, 0.25) is 0 Å². The Morgan fingerprint density at radius 1 is 1.23 bits per heavy atom. The minimum absolute atomic E-state index is 0.0734. The molecule has 13 heavy (non-hydrogen) atoms. The maximum absolute atomic E-state index is 11.0. The van der Waals surface area contributed by atoms with Gasteiger partial charge in [0.15, 0.2) is 0 Å². The molecule has 1 aliphatic rings. The summed E-state index contributed by atoms with van der Waals surface area (Å²) in [6.45, 7) is 0. The topological polar surface area (TPSA) is 31.2 Å². The van der Waals surface area contributed by atoms with Crippen LogP contribution in [0.25, 0.3) is 0 Å². The van der Waals surface area contributed by atoms with Crippen molar-refractivity contribution in [3.8, 4) is 0 Å². The predicted octanol–water partition coefficient (Wildman–Crippen LogP) is 2.50. The zero-order valence-electron chi connectivity index (χ0n) is 8.59. The van der Waals surface area contributed by atoms with Crippen molar-refractivity contribution in [3.63, 3.8) is 0 Å². The van der Waals surface area contributed by atoms with Gasteiger partial charge in [-0.05, 0) is 12.3 Å². The summed E-state index contributed by atoms with van der Waals surface area (Å²) >= 11 is 0. The predicted molar refractivity (Wildman–Crippen MR) is 53.5 cm³/mol. The quantitative estimate of drug-likeness (QED) is 0.617. The van der Waals surface area contributed by atoms with E-state index in [-0.39, 0.29) is 5.91 Å². The van der Waals surface area contributed by atoms with Gasteiger partial charge >= 0.3 is 0 Å². The van der Waals surface area contributed by atoms with Crippen LogP contribution < -0.4 is 5.32 Å². The molecule has 1 fully saturated rings. The van der Waals surface area contributed by atoms with Crippen molar-refractivity contribution in [2.75, 3.05) is 7.05 Å². The number of carbonyl (C=O) groups excluding carboxylic acids is 1. The second-order valence-electron chi connectivity index (χ2n) is 4.01. The first-order chi connectivity index (χ1) is 6.33. The van der Waals surface area contributed by atoms with Gasteiger partial charge < -0.3 is 0 Å². The molecule has 0 saturated heterocycles. The fourth-order valence-corrected chi connectivity index (χ4v) is 2.09. The van der Waals surface area contributed by atoms with Crippen molar-refractivity contribution in [2.45, 2.75) is 51.4 Å². The molecule has 2 heteroatoms. The third kappa shape index (κ3) is 4.30. The molecule has 1 radical (unpaired) electrons. The number of amides is 1. The van der Waals surface area contributed by atoms with Gasteiger partial charge in [0.05, 0.1) is 0 Å². The Bertz CT molecular complexity index is 148. The van der Waals surface area contributed by atoms with Crippen LogP contribution in [0.15, 0.2) is 0 Å². The van der Waals surface area contributed by atoms with Crippen molar-refractivity contribution < 1.29 is 4.79 Å². The Hall–Kier alpha value is -0.530. The lowest BCUT2D eigenvalue weighted by atomic mass is 9.95. The average molecular weight is 182 g/mol. The van der Waals surface area contributed by atoms with E-state index in [0.717, 1.165) is 12.3 Å². The van der Waals surface area contributed by atoms with Gasteiger partial charge in [0.25, 0.3) is 0 Å². The molecule has 0 bridgehead atoms. The van der Waals surface area contributed by atoms with Crippen molar-refractivity contribution in [1.82, 2.24) is 5.32 Å². The van der Waals surface area contributed by atoms with Crippen molar-refractivity contribution in [3.05, 3.63) is 0 Å². The Labute approximate surface area is 81.1 Å². The van der Waals surface area contributed by atoms with Gasteiger partial charge in [-0.25, -0.2) is 0 Å². The minimum atomic E-state index is 0.0734. The lowest BCUT2D eigenvalue weighted by Crippen LogP contribution is -2.12. The van der Waals surface area contributed by atoms with Gasteiger partial charge in [-0.1, -0.05) is 38.5 Å². The minimum Gasteiger partial charge on any atom is -0.273 e. The van der Waals surface area contributed by atoms with E-state index >= 15 is 0 Å². The highest BCUT2D eigenvalue weighted by Gasteiger charge is 2.13. The summed E-state index contributed by atoms with van der Waals surface area (Å²) in [5.74, 6) is 0.873. The Morgan fingerprint density at radius 3 is 2.38 bits per heavy atom. The Morgan fingerprint density at radius 2 is 1.85 bits per heavy atom. The summed E-state index contributed by atoms with van der Waals surface area (Å²) in [5.41, 5.74) is 0. The molecule has 0 aromatic carbocycles. The summed E-state index contributed by atoms with van der Waals surface area (Å²) in [6.07, 6.45) is 9.90. The van der Waals surface area contributed by atoms with Crippen molar-refractivity contribution in [2.24, 2.45) is 5.92 Å². The summed E-state index contributed by atoms with van der Waals surface area (Å²) in [7, 11) is 1.59. The Kier molecular flexibility index (Phi) is 4.87. The zero-order chi connectivity index (χ0) is 9.52. The highest BCUT2D eigenvalue weighted by atomic mass is 16.1. The van der Waals surface area contributed by atoms with Crippen LogP contribution in [0, 0.1) is 5.92 Å². The monoisotopic (exact) mass is 182 g/mol. The van der Waals surface area contributed by atoms with Crippen LogP contribution >= 0.6 is 0 Å². The van der Waals surface area contributed by atoms with E-state index in [1.165, 1.54) is 38.5 Å². The van der Waals surface area contributed by atoms with Gasteiger partial charge in [0.2, 0.25) is 5.91 Å².